The molecule has 18 heteroatoms. The third-order valence-electron chi connectivity index (χ3n) is 9.95. The van der Waals surface area contributed by atoms with Gasteiger partial charge in [0.1, 0.15) is 12.7 Å². The first kappa shape index (κ1) is 57.7. The second-order valence-electron chi connectivity index (χ2n) is 15.6. The molecule has 8 atom stereocenters. The van der Waals surface area contributed by atoms with Crippen LogP contribution in [0.1, 0.15) is 136 Å². The minimum atomic E-state index is -4.90. The molecule has 1 aliphatic rings. The van der Waals surface area contributed by atoms with Crippen molar-refractivity contribution in [1.82, 2.24) is 0 Å². The summed E-state index contributed by atoms with van der Waals surface area (Å²) in [6.45, 7) is 1.24. The van der Waals surface area contributed by atoms with Crippen LogP contribution in [0.4, 0.5) is 0 Å². The Morgan fingerprint density at radius 3 is 2.00 bits per heavy atom. The maximum atomic E-state index is 12.8. The van der Waals surface area contributed by atoms with Gasteiger partial charge in [0.25, 0.3) is 0 Å². The van der Waals surface area contributed by atoms with Gasteiger partial charge in [-0.2, -0.15) is 0 Å². The Morgan fingerprint density at radius 1 is 0.677 bits per heavy atom. The topological polar surface area (TPSA) is 256 Å². The highest BCUT2D eigenvalue weighted by molar-refractivity contribution is 7.47. The van der Waals surface area contributed by atoms with Gasteiger partial charge in [-0.3, -0.25) is 23.2 Å². The number of esters is 2. The maximum absolute atomic E-state index is 12.8. The van der Waals surface area contributed by atoms with Crippen LogP contribution in [0, 0.1) is 11.8 Å². The lowest BCUT2D eigenvalue weighted by Crippen LogP contribution is -2.29. The van der Waals surface area contributed by atoms with E-state index >= 15 is 0 Å². The van der Waals surface area contributed by atoms with Crippen molar-refractivity contribution in [2.75, 3.05) is 26.4 Å². The number of phosphoric ester groups is 2. The molecule has 0 aromatic carbocycles. The third kappa shape index (κ3) is 31.5. The van der Waals surface area contributed by atoms with E-state index in [9.17, 15) is 44.0 Å². The maximum Gasteiger partial charge on any atom is 0.472 e. The normalized spacial score (nSPS) is 21.1. The number of allylic oxidation sites excluding steroid dienone is 8. The lowest BCUT2D eigenvalue weighted by molar-refractivity contribution is -0.161. The zero-order chi connectivity index (χ0) is 46.1. The van der Waals surface area contributed by atoms with Gasteiger partial charge in [0.2, 0.25) is 0 Å². The van der Waals surface area contributed by atoms with E-state index in [0.717, 1.165) is 70.6 Å². The molecule has 7 N–H and O–H groups in total. The van der Waals surface area contributed by atoms with Crippen molar-refractivity contribution < 1.29 is 76.9 Å². The molecule has 0 radical (unpaired) electrons. The largest absolute Gasteiger partial charge is 0.472 e. The lowest BCUT2D eigenvalue weighted by Gasteiger charge is -2.20. The summed E-state index contributed by atoms with van der Waals surface area (Å²) in [5.74, 6) is -1.77. The second-order valence-corrected chi connectivity index (χ2v) is 18.2. The van der Waals surface area contributed by atoms with Gasteiger partial charge < -0.3 is 44.6 Å². The summed E-state index contributed by atoms with van der Waals surface area (Å²) in [5.41, 5.74) is 0. The molecule has 0 amide bonds. The van der Waals surface area contributed by atoms with Gasteiger partial charge in [-0.05, 0) is 70.1 Å². The van der Waals surface area contributed by atoms with Gasteiger partial charge in [-0.15, -0.1) is 0 Å². The van der Waals surface area contributed by atoms with Crippen LogP contribution in [-0.4, -0.2) is 104 Å². The van der Waals surface area contributed by atoms with Gasteiger partial charge in [-0.25, -0.2) is 9.13 Å². The fourth-order valence-electron chi connectivity index (χ4n) is 6.53. The van der Waals surface area contributed by atoms with Crippen molar-refractivity contribution in [3.8, 4) is 0 Å². The number of unbranched alkanes of at least 4 members (excludes halogenated alkanes) is 8. The third-order valence-corrected chi connectivity index (χ3v) is 11.4. The summed E-state index contributed by atoms with van der Waals surface area (Å²) in [4.78, 5) is 52.9. The number of aliphatic hydroxyl groups excluding tert-OH is 4. The Kier molecular flexibility index (Phi) is 32.6. The average molecular weight is 923 g/mol. The molecule has 1 aliphatic carbocycles. The molecule has 0 aromatic rings. The first-order chi connectivity index (χ1) is 29.6. The number of carbonyl (C=O) groups excluding carboxylic acids is 2. The smallest absolute Gasteiger partial charge is 0.462 e. The Morgan fingerprint density at radius 2 is 1.29 bits per heavy atom. The minimum Gasteiger partial charge on any atom is -0.462 e. The van der Waals surface area contributed by atoms with Crippen molar-refractivity contribution >= 4 is 27.6 Å². The van der Waals surface area contributed by atoms with E-state index < -0.39 is 84.5 Å². The fourth-order valence-corrected chi connectivity index (χ4v) is 7.69. The van der Waals surface area contributed by atoms with Crippen LogP contribution >= 0.6 is 15.6 Å². The van der Waals surface area contributed by atoms with Crippen LogP contribution in [0.5, 0.6) is 0 Å². The van der Waals surface area contributed by atoms with Crippen molar-refractivity contribution in [3.05, 3.63) is 60.8 Å². The van der Waals surface area contributed by atoms with Crippen LogP contribution in [0.2, 0.25) is 0 Å². The predicted molar refractivity (Wildman–Crippen MR) is 236 cm³/mol. The van der Waals surface area contributed by atoms with Gasteiger partial charge in [0.15, 0.2) is 6.10 Å². The number of carbonyl (C=O) groups is 2. The molecule has 0 bridgehead atoms. The molecule has 1 saturated carbocycles. The molecule has 0 aromatic heterocycles. The number of hydrogen-bond donors (Lipinski definition) is 7. The summed E-state index contributed by atoms with van der Waals surface area (Å²) in [6, 6.07) is 0. The van der Waals surface area contributed by atoms with Crippen molar-refractivity contribution in [1.29, 1.82) is 0 Å². The van der Waals surface area contributed by atoms with Crippen LogP contribution in [0.25, 0.3) is 0 Å². The fraction of sp³-hybridized carbons (Fsp3) is 0.727. The van der Waals surface area contributed by atoms with E-state index in [1.54, 1.807) is 12.2 Å². The summed E-state index contributed by atoms with van der Waals surface area (Å²) >= 11 is 0. The average Bonchev–Trinajstić information content (AvgIpc) is 3.49. The van der Waals surface area contributed by atoms with Gasteiger partial charge >= 0.3 is 27.6 Å². The van der Waals surface area contributed by atoms with Gasteiger partial charge in [-0.1, -0.05) is 113 Å². The minimum absolute atomic E-state index is 0.0519. The zero-order valence-corrected chi connectivity index (χ0v) is 38.6. The lowest BCUT2D eigenvalue weighted by atomic mass is 9.89. The molecular weight excluding hydrogens is 846 g/mol. The monoisotopic (exact) mass is 922 g/mol. The Labute approximate surface area is 369 Å². The molecule has 0 heterocycles. The van der Waals surface area contributed by atoms with Gasteiger partial charge in [0, 0.05) is 25.2 Å². The highest BCUT2D eigenvalue weighted by atomic mass is 31.2. The first-order valence-electron chi connectivity index (χ1n) is 22.2. The van der Waals surface area contributed by atoms with E-state index in [1.807, 2.05) is 12.2 Å². The standard InChI is InChI=1S/C44H76O16P2/c1-3-5-7-8-9-10-11-12-13-14-15-16-17-18-23-27-43(49)56-34-38(35-59-62(54,55)58-33-37(46)32-57-61(51,52)53)60-44(50)28-24-20-19-22-26-39-40(42(48)31-41(39)47)30-29-36(45)25-21-6-4-2/h5,7,9-10,12-13,19,22,29-30,36-42,45-48H,3-4,6,8,11,14-18,20-21,23-28,31-35H2,1-2H3,(H,54,55)(H2,51,52,53)/b7-5-,10-9-,13-12-,22-19+,30-29+/t36-,37-,38+,39+,40+,41-,42+/m0/s1. The second kappa shape index (κ2) is 35.0. The number of ether oxygens (including phenoxy) is 2. The summed E-state index contributed by atoms with van der Waals surface area (Å²) in [5, 5.41) is 41.1. The zero-order valence-electron chi connectivity index (χ0n) is 36.8. The molecule has 358 valence electrons. The number of phosphoric acid groups is 2. The van der Waals surface area contributed by atoms with E-state index in [-0.39, 0.29) is 31.1 Å². The van der Waals surface area contributed by atoms with E-state index in [1.165, 1.54) is 0 Å². The Bertz CT molecular complexity index is 1440. The highest BCUT2D eigenvalue weighted by Crippen LogP contribution is 2.44. The van der Waals surface area contributed by atoms with E-state index in [2.05, 4.69) is 59.4 Å². The molecule has 0 aliphatic heterocycles. The van der Waals surface area contributed by atoms with Crippen LogP contribution in [-0.2, 0) is 41.8 Å². The Hall–Kier alpha value is -2.30. The summed E-state index contributed by atoms with van der Waals surface area (Å²) in [7, 11) is -9.78. The Balaban J connectivity index is 2.60. The molecule has 1 unspecified atom stereocenters. The molecule has 1 rings (SSSR count). The van der Waals surface area contributed by atoms with Crippen molar-refractivity contribution in [3.63, 3.8) is 0 Å². The molecule has 62 heavy (non-hydrogen) atoms. The van der Waals surface area contributed by atoms with Crippen molar-refractivity contribution in [2.45, 2.75) is 166 Å². The van der Waals surface area contributed by atoms with Crippen LogP contribution in [0.15, 0.2) is 60.8 Å². The molecule has 1 fully saturated rings. The van der Waals surface area contributed by atoms with Crippen molar-refractivity contribution in [2.24, 2.45) is 11.8 Å². The molecule has 16 nitrogen and oxygen atoms in total. The SMILES string of the molecule is CC/C=C\C/C=C\C/C=C\CCCCCCCC(=O)OC[C@H](COP(=O)(O)OC[C@@H](O)COP(=O)(O)O)OC(=O)CCC/C=C/C[C@@H]1[C@@H](/C=C/[C@@H](O)CCCCC)[C@H](O)C[C@@H]1O. The molecular formula is C44H76O16P2. The predicted octanol–water partition coefficient (Wildman–Crippen LogP) is 7.61. The molecule has 0 saturated heterocycles. The quantitative estimate of drug-likeness (QED) is 0.0137. The molecule has 0 spiro atoms. The number of rotatable bonds is 37. The van der Waals surface area contributed by atoms with E-state index in [0.29, 0.717) is 32.1 Å². The van der Waals surface area contributed by atoms with E-state index in [4.69, 9.17) is 23.8 Å². The number of aliphatic hydroxyl groups is 4. The summed E-state index contributed by atoms with van der Waals surface area (Å²) in [6.07, 6.45) is 28.8. The van der Waals surface area contributed by atoms with Crippen LogP contribution < -0.4 is 0 Å². The van der Waals surface area contributed by atoms with Gasteiger partial charge in [0.05, 0.1) is 38.1 Å². The first-order valence-corrected chi connectivity index (χ1v) is 25.3. The van der Waals surface area contributed by atoms with Crippen LogP contribution in [0.3, 0.4) is 0 Å². The highest BCUT2D eigenvalue weighted by Gasteiger charge is 2.39. The number of hydrogen-bond acceptors (Lipinski definition) is 13. The summed E-state index contributed by atoms with van der Waals surface area (Å²) < 4.78 is 47.8.